The molecular formula is C18H26N4. The smallest absolute Gasteiger partial charge is 0.227 e. The highest BCUT2D eigenvalue weighted by molar-refractivity contribution is 5.53. The van der Waals surface area contributed by atoms with Crippen LogP contribution in [-0.2, 0) is 0 Å². The van der Waals surface area contributed by atoms with E-state index in [0.29, 0.717) is 12.0 Å². The summed E-state index contributed by atoms with van der Waals surface area (Å²) in [6, 6.07) is 10.4. The van der Waals surface area contributed by atoms with E-state index in [1.807, 2.05) is 42.7 Å². The molecule has 118 valence electrons. The number of hydrogen-bond acceptors (Lipinski definition) is 4. The lowest BCUT2D eigenvalue weighted by Crippen LogP contribution is -2.15. The van der Waals surface area contributed by atoms with Crippen molar-refractivity contribution in [1.82, 2.24) is 9.97 Å². The van der Waals surface area contributed by atoms with Gasteiger partial charge in [-0.3, -0.25) is 0 Å². The number of nitrogens with zero attached hydrogens (tertiary/aromatic N) is 2. The van der Waals surface area contributed by atoms with Crippen molar-refractivity contribution >= 4 is 17.3 Å². The molecule has 0 amide bonds. The number of para-hydroxylation sites is 1. The van der Waals surface area contributed by atoms with Crippen molar-refractivity contribution in [3.8, 4) is 0 Å². The standard InChI is InChI=1S/C18H26N4/c1-3-4-5-7-10-15(2)21-17-13-19-18(20-14-17)22-16-11-8-6-9-12-16/h6,8-9,11-15,21H,3-5,7,10H2,1-2H3,(H,19,20,22). The third kappa shape index (κ3) is 5.72. The summed E-state index contributed by atoms with van der Waals surface area (Å²) < 4.78 is 0. The van der Waals surface area contributed by atoms with Crippen molar-refractivity contribution in [2.45, 2.75) is 52.0 Å². The maximum absolute atomic E-state index is 4.35. The van der Waals surface area contributed by atoms with Crippen LogP contribution in [0.3, 0.4) is 0 Å². The maximum Gasteiger partial charge on any atom is 0.227 e. The molecular weight excluding hydrogens is 272 g/mol. The van der Waals surface area contributed by atoms with Crippen LogP contribution < -0.4 is 10.6 Å². The fraction of sp³-hybridized carbons (Fsp3) is 0.444. The van der Waals surface area contributed by atoms with Gasteiger partial charge in [0.25, 0.3) is 0 Å². The summed E-state index contributed by atoms with van der Waals surface area (Å²) in [5, 5.41) is 6.64. The lowest BCUT2D eigenvalue weighted by Gasteiger charge is -2.14. The molecule has 1 aromatic heterocycles. The lowest BCUT2D eigenvalue weighted by molar-refractivity contribution is 0.594. The largest absolute Gasteiger partial charge is 0.380 e. The molecule has 1 aromatic carbocycles. The maximum atomic E-state index is 4.35. The van der Waals surface area contributed by atoms with E-state index in [-0.39, 0.29) is 0 Å². The normalized spacial score (nSPS) is 11.9. The van der Waals surface area contributed by atoms with Crippen LogP contribution in [0, 0.1) is 0 Å². The first-order chi connectivity index (χ1) is 10.8. The zero-order chi connectivity index (χ0) is 15.6. The van der Waals surface area contributed by atoms with E-state index in [1.165, 1.54) is 32.1 Å². The highest BCUT2D eigenvalue weighted by Gasteiger charge is 2.03. The molecule has 2 rings (SSSR count). The van der Waals surface area contributed by atoms with E-state index in [9.17, 15) is 0 Å². The van der Waals surface area contributed by atoms with Crippen molar-refractivity contribution in [2.75, 3.05) is 10.6 Å². The average molecular weight is 298 g/mol. The molecule has 4 nitrogen and oxygen atoms in total. The second-order valence-electron chi connectivity index (χ2n) is 5.68. The van der Waals surface area contributed by atoms with E-state index in [2.05, 4.69) is 34.4 Å². The number of aromatic nitrogens is 2. The van der Waals surface area contributed by atoms with E-state index in [0.717, 1.165) is 11.4 Å². The minimum Gasteiger partial charge on any atom is -0.380 e. The van der Waals surface area contributed by atoms with Crippen LogP contribution in [0.1, 0.15) is 46.0 Å². The lowest BCUT2D eigenvalue weighted by atomic mass is 10.1. The minimum atomic E-state index is 0.452. The molecule has 22 heavy (non-hydrogen) atoms. The summed E-state index contributed by atoms with van der Waals surface area (Å²) in [7, 11) is 0. The van der Waals surface area contributed by atoms with E-state index >= 15 is 0 Å². The summed E-state index contributed by atoms with van der Waals surface area (Å²) in [5.41, 5.74) is 1.97. The first kappa shape index (κ1) is 16.3. The first-order valence-corrected chi connectivity index (χ1v) is 8.18. The number of anilines is 3. The van der Waals surface area contributed by atoms with E-state index in [1.54, 1.807) is 0 Å². The van der Waals surface area contributed by atoms with Gasteiger partial charge >= 0.3 is 0 Å². The number of rotatable bonds is 9. The minimum absolute atomic E-state index is 0.452. The molecule has 0 fully saturated rings. The molecule has 2 N–H and O–H groups in total. The second kappa shape index (κ2) is 9.03. The Hall–Kier alpha value is -2.10. The number of nitrogens with one attached hydrogen (secondary N) is 2. The molecule has 0 saturated carbocycles. The number of hydrogen-bond donors (Lipinski definition) is 2. The van der Waals surface area contributed by atoms with Gasteiger partial charge in [-0.1, -0.05) is 50.8 Å². The SMILES string of the molecule is CCCCCCC(C)Nc1cnc(Nc2ccccc2)nc1. The van der Waals surface area contributed by atoms with Gasteiger partial charge in [-0.05, 0) is 25.5 Å². The van der Waals surface area contributed by atoms with Crippen molar-refractivity contribution in [2.24, 2.45) is 0 Å². The summed E-state index contributed by atoms with van der Waals surface area (Å²) in [4.78, 5) is 8.70. The Labute approximate surface area is 133 Å². The predicted molar refractivity (Wildman–Crippen MR) is 93.6 cm³/mol. The Morgan fingerprint density at radius 2 is 1.68 bits per heavy atom. The molecule has 4 heteroatoms. The van der Waals surface area contributed by atoms with Gasteiger partial charge in [0, 0.05) is 11.7 Å². The van der Waals surface area contributed by atoms with Crippen LogP contribution in [0.25, 0.3) is 0 Å². The monoisotopic (exact) mass is 298 g/mol. The van der Waals surface area contributed by atoms with Crippen LogP contribution in [0.15, 0.2) is 42.7 Å². The highest BCUT2D eigenvalue weighted by atomic mass is 15.1. The second-order valence-corrected chi connectivity index (χ2v) is 5.68. The topological polar surface area (TPSA) is 49.8 Å². The number of unbranched alkanes of at least 4 members (excludes halogenated alkanes) is 3. The van der Waals surface area contributed by atoms with Crippen LogP contribution in [-0.4, -0.2) is 16.0 Å². The molecule has 0 aliphatic heterocycles. The van der Waals surface area contributed by atoms with Gasteiger partial charge in [0.2, 0.25) is 5.95 Å². The van der Waals surface area contributed by atoms with Gasteiger partial charge < -0.3 is 10.6 Å². The van der Waals surface area contributed by atoms with Crippen LogP contribution in [0.4, 0.5) is 17.3 Å². The summed E-state index contributed by atoms with van der Waals surface area (Å²) in [6.45, 7) is 4.45. The fourth-order valence-electron chi connectivity index (χ4n) is 2.35. The zero-order valence-corrected chi connectivity index (χ0v) is 13.5. The summed E-state index contributed by atoms with van der Waals surface area (Å²) in [6.07, 6.45) is 10.1. The van der Waals surface area contributed by atoms with Gasteiger partial charge in [0.1, 0.15) is 0 Å². The van der Waals surface area contributed by atoms with Crippen LogP contribution in [0.5, 0.6) is 0 Å². The van der Waals surface area contributed by atoms with Crippen molar-refractivity contribution in [3.05, 3.63) is 42.7 Å². The van der Waals surface area contributed by atoms with Crippen LogP contribution >= 0.6 is 0 Å². The van der Waals surface area contributed by atoms with Gasteiger partial charge in [-0.15, -0.1) is 0 Å². The molecule has 1 unspecified atom stereocenters. The van der Waals surface area contributed by atoms with E-state index in [4.69, 9.17) is 0 Å². The molecule has 0 radical (unpaired) electrons. The third-order valence-electron chi connectivity index (χ3n) is 3.59. The molecule has 2 aromatic rings. The van der Waals surface area contributed by atoms with Crippen molar-refractivity contribution < 1.29 is 0 Å². The first-order valence-electron chi connectivity index (χ1n) is 8.18. The molecule has 0 aliphatic rings. The quantitative estimate of drug-likeness (QED) is 0.640. The highest BCUT2D eigenvalue weighted by Crippen LogP contribution is 2.14. The Bertz CT molecular complexity index is 525. The Balaban J connectivity index is 1.79. The third-order valence-corrected chi connectivity index (χ3v) is 3.59. The van der Waals surface area contributed by atoms with Crippen LogP contribution in [0.2, 0.25) is 0 Å². The van der Waals surface area contributed by atoms with Gasteiger partial charge in [-0.2, -0.15) is 0 Å². The Kier molecular flexibility index (Phi) is 6.68. The Morgan fingerprint density at radius 3 is 2.36 bits per heavy atom. The molecule has 1 heterocycles. The fourth-order valence-corrected chi connectivity index (χ4v) is 2.35. The van der Waals surface area contributed by atoms with E-state index < -0.39 is 0 Å². The molecule has 0 aliphatic carbocycles. The number of benzene rings is 1. The molecule has 0 saturated heterocycles. The van der Waals surface area contributed by atoms with Gasteiger partial charge in [-0.25, -0.2) is 9.97 Å². The van der Waals surface area contributed by atoms with Crippen molar-refractivity contribution in [3.63, 3.8) is 0 Å². The molecule has 0 bridgehead atoms. The Morgan fingerprint density at radius 1 is 0.955 bits per heavy atom. The summed E-state index contributed by atoms with van der Waals surface area (Å²) in [5.74, 6) is 0.618. The van der Waals surface area contributed by atoms with Gasteiger partial charge in [0.05, 0.1) is 18.1 Å². The molecule has 1 atom stereocenters. The zero-order valence-electron chi connectivity index (χ0n) is 13.5. The van der Waals surface area contributed by atoms with Crippen molar-refractivity contribution in [1.29, 1.82) is 0 Å². The average Bonchev–Trinajstić information content (AvgIpc) is 2.54. The summed E-state index contributed by atoms with van der Waals surface area (Å²) >= 11 is 0. The predicted octanol–water partition coefficient (Wildman–Crippen LogP) is 4.99. The van der Waals surface area contributed by atoms with Gasteiger partial charge in [0.15, 0.2) is 0 Å². The molecule has 0 spiro atoms.